The van der Waals surface area contributed by atoms with Crippen molar-refractivity contribution in [1.82, 2.24) is 4.98 Å². The minimum atomic E-state index is -0.0637. The highest BCUT2D eigenvalue weighted by Gasteiger charge is 2.17. The topological polar surface area (TPSA) is 46.0 Å². The molecule has 0 aliphatic rings. The Balaban J connectivity index is 2.46. The molecule has 0 saturated heterocycles. The van der Waals surface area contributed by atoms with Gasteiger partial charge in [0, 0.05) is 17.5 Å². The lowest BCUT2D eigenvalue weighted by Gasteiger charge is -1.97. The highest BCUT2D eigenvalue weighted by molar-refractivity contribution is 6.08. The number of rotatable bonds is 2. The fourth-order valence-electron chi connectivity index (χ4n) is 1.54. The Hall–Kier alpha value is -1.77. The molecule has 14 heavy (non-hydrogen) atoms. The highest BCUT2D eigenvalue weighted by Crippen LogP contribution is 2.17. The monoisotopic (exact) mass is 189 g/mol. The van der Waals surface area contributed by atoms with Crippen LogP contribution in [0.2, 0.25) is 0 Å². The van der Waals surface area contributed by atoms with E-state index in [0.29, 0.717) is 11.3 Å². The first-order chi connectivity index (χ1) is 6.70. The lowest BCUT2D eigenvalue weighted by atomic mass is 10.1. The second-order valence-electron chi connectivity index (χ2n) is 3.28. The van der Waals surface area contributed by atoms with Gasteiger partial charge in [-0.25, -0.2) is 0 Å². The Morgan fingerprint density at radius 2 is 2.21 bits per heavy atom. The number of hydrogen-bond donors (Lipinski definition) is 1. The van der Waals surface area contributed by atoms with Gasteiger partial charge in [0.15, 0.2) is 5.76 Å². The molecule has 0 aliphatic carbocycles. The van der Waals surface area contributed by atoms with E-state index in [9.17, 15) is 4.79 Å². The van der Waals surface area contributed by atoms with Crippen molar-refractivity contribution in [3.05, 3.63) is 47.2 Å². The first kappa shape index (κ1) is 8.81. The molecule has 3 heteroatoms. The Bertz CT molecular complexity index is 432. The van der Waals surface area contributed by atoms with Gasteiger partial charge in [-0.3, -0.25) is 4.79 Å². The van der Waals surface area contributed by atoms with Gasteiger partial charge in [0.1, 0.15) is 0 Å². The average Bonchev–Trinajstić information content (AvgIpc) is 2.75. The molecule has 0 amide bonds. The van der Waals surface area contributed by atoms with Crippen LogP contribution in [0.1, 0.15) is 27.4 Å². The Labute approximate surface area is 81.7 Å². The fraction of sp³-hybridized carbons (Fsp3) is 0.182. The van der Waals surface area contributed by atoms with Crippen LogP contribution in [-0.2, 0) is 0 Å². The number of ketones is 1. The van der Waals surface area contributed by atoms with E-state index in [-0.39, 0.29) is 5.78 Å². The molecule has 0 aromatic carbocycles. The second-order valence-corrected chi connectivity index (χ2v) is 3.28. The molecule has 72 valence electrons. The third kappa shape index (κ3) is 1.27. The average molecular weight is 189 g/mol. The molecule has 2 rings (SSSR count). The van der Waals surface area contributed by atoms with Gasteiger partial charge in [-0.2, -0.15) is 0 Å². The molecule has 0 atom stereocenters. The smallest absolute Gasteiger partial charge is 0.230 e. The fourth-order valence-corrected chi connectivity index (χ4v) is 1.54. The lowest BCUT2D eigenvalue weighted by molar-refractivity contribution is 0.101. The molecular formula is C11H11NO2. The summed E-state index contributed by atoms with van der Waals surface area (Å²) in [5.74, 6) is 0.321. The van der Waals surface area contributed by atoms with Crippen molar-refractivity contribution in [2.45, 2.75) is 13.8 Å². The Kier molecular flexibility index (Phi) is 2.00. The van der Waals surface area contributed by atoms with Gasteiger partial charge >= 0.3 is 0 Å². The number of carbonyl (C=O) groups is 1. The summed E-state index contributed by atoms with van der Waals surface area (Å²) >= 11 is 0. The van der Waals surface area contributed by atoms with Gasteiger partial charge < -0.3 is 9.40 Å². The molecule has 2 aromatic rings. The van der Waals surface area contributed by atoms with Gasteiger partial charge in [-0.1, -0.05) is 0 Å². The van der Waals surface area contributed by atoms with E-state index in [0.717, 1.165) is 11.3 Å². The van der Waals surface area contributed by atoms with Crippen LogP contribution in [-0.4, -0.2) is 10.8 Å². The highest BCUT2D eigenvalue weighted by atomic mass is 16.3. The van der Waals surface area contributed by atoms with Gasteiger partial charge in [-0.05, 0) is 31.5 Å². The van der Waals surface area contributed by atoms with Crippen LogP contribution in [0.3, 0.4) is 0 Å². The summed E-state index contributed by atoms with van der Waals surface area (Å²) in [5.41, 5.74) is 2.53. The van der Waals surface area contributed by atoms with Crippen molar-refractivity contribution < 1.29 is 9.21 Å². The van der Waals surface area contributed by atoms with Crippen LogP contribution in [0.4, 0.5) is 0 Å². The van der Waals surface area contributed by atoms with E-state index in [2.05, 4.69) is 4.98 Å². The zero-order valence-corrected chi connectivity index (χ0v) is 8.13. The van der Waals surface area contributed by atoms with Crippen LogP contribution in [0, 0.1) is 13.8 Å². The standard InChI is InChI=1S/C11H11NO2/c1-7-6-12-8(2)10(7)11(13)9-4-3-5-14-9/h3-6,12H,1-2H3. The molecular weight excluding hydrogens is 178 g/mol. The van der Waals surface area contributed by atoms with Crippen molar-refractivity contribution in [3.63, 3.8) is 0 Å². The molecule has 0 unspecified atom stereocenters. The summed E-state index contributed by atoms with van der Waals surface area (Å²) in [4.78, 5) is 14.9. The number of aromatic nitrogens is 1. The van der Waals surface area contributed by atoms with Crippen LogP contribution in [0.25, 0.3) is 0 Å². The maximum absolute atomic E-state index is 11.9. The minimum Gasteiger partial charge on any atom is -0.461 e. The van der Waals surface area contributed by atoms with Crippen molar-refractivity contribution >= 4 is 5.78 Å². The predicted molar refractivity (Wildman–Crippen MR) is 52.4 cm³/mol. The predicted octanol–water partition coefficient (Wildman–Crippen LogP) is 2.46. The summed E-state index contributed by atoms with van der Waals surface area (Å²) in [6.45, 7) is 3.78. The number of aromatic amines is 1. The molecule has 0 bridgehead atoms. The number of carbonyl (C=O) groups excluding carboxylic acids is 1. The van der Waals surface area contributed by atoms with Crippen LogP contribution < -0.4 is 0 Å². The normalized spacial score (nSPS) is 10.4. The first-order valence-electron chi connectivity index (χ1n) is 4.43. The molecule has 2 aromatic heterocycles. The minimum absolute atomic E-state index is 0.0637. The zero-order valence-electron chi connectivity index (χ0n) is 8.13. The maximum Gasteiger partial charge on any atom is 0.230 e. The quantitative estimate of drug-likeness (QED) is 0.737. The largest absolute Gasteiger partial charge is 0.461 e. The Morgan fingerprint density at radius 3 is 2.71 bits per heavy atom. The first-order valence-corrected chi connectivity index (χ1v) is 4.43. The summed E-state index contributed by atoms with van der Waals surface area (Å²) in [6, 6.07) is 3.39. The third-order valence-corrected chi connectivity index (χ3v) is 2.25. The van der Waals surface area contributed by atoms with E-state index in [1.54, 1.807) is 12.1 Å². The van der Waals surface area contributed by atoms with Crippen molar-refractivity contribution in [2.75, 3.05) is 0 Å². The van der Waals surface area contributed by atoms with Crippen LogP contribution >= 0.6 is 0 Å². The number of aryl methyl sites for hydroxylation is 2. The summed E-state index contributed by atoms with van der Waals surface area (Å²) in [6.07, 6.45) is 3.33. The molecule has 2 heterocycles. The number of furan rings is 1. The van der Waals surface area contributed by atoms with Gasteiger partial charge in [0.2, 0.25) is 5.78 Å². The van der Waals surface area contributed by atoms with E-state index in [4.69, 9.17) is 4.42 Å². The second kappa shape index (κ2) is 3.18. The zero-order chi connectivity index (χ0) is 10.1. The number of nitrogens with one attached hydrogen (secondary N) is 1. The van der Waals surface area contributed by atoms with Crippen LogP contribution in [0.15, 0.2) is 29.0 Å². The van der Waals surface area contributed by atoms with Crippen molar-refractivity contribution in [2.24, 2.45) is 0 Å². The maximum atomic E-state index is 11.9. The van der Waals surface area contributed by atoms with Crippen molar-refractivity contribution in [3.8, 4) is 0 Å². The van der Waals surface area contributed by atoms with Crippen molar-refractivity contribution in [1.29, 1.82) is 0 Å². The summed E-state index contributed by atoms with van der Waals surface area (Å²) in [7, 11) is 0. The molecule has 1 N–H and O–H groups in total. The molecule has 0 radical (unpaired) electrons. The summed E-state index contributed by atoms with van der Waals surface area (Å²) in [5, 5.41) is 0. The number of H-pyrrole nitrogens is 1. The van der Waals surface area contributed by atoms with E-state index >= 15 is 0 Å². The van der Waals surface area contributed by atoms with Gasteiger partial charge in [0.25, 0.3) is 0 Å². The summed E-state index contributed by atoms with van der Waals surface area (Å²) < 4.78 is 5.07. The molecule has 0 saturated carbocycles. The van der Waals surface area contributed by atoms with Gasteiger partial charge in [0.05, 0.1) is 6.26 Å². The van der Waals surface area contributed by atoms with Crippen LogP contribution in [0.5, 0.6) is 0 Å². The molecule has 3 nitrogen and oxygen atoms in total. The molecule has 0 fully saturated rings. The molecule has 0 spiro atoms. The SMILES string of the molecule is Cc1c[nH]c(C)c1C(=O)c1ccco1. The van der Waals surface area contributed by atoms with Gasteiger partial charge in [-0.15, -0.1) is 0 Å². The Morgan fingerprint density at radius 1 is 1.43 bits per heavy atom. The van der Waals surface area contributed by atoms with E-state index < -0.39 is 0 Å². The number of hydrogen-bond acceptors (Lipinski definition) is 2. The molecule has 0 aliphatic heterocycles. The lowest BCUT2D eigenvalue weighted by Crippen LogP contribution is -2.01. The van der Waals surface area contributed by atoms with E-state index in [1.807, 2.05) is 20.0 Å². The van der Waals surface area contributed by atoms with E-state index in [1.165, 1.54) is 6.26 Å². The third-order valence-electron chi connectivity index (χ3n) is 2.25.